The summed E-state index contributed by atoms with van der Waals surface area (Å²) in [6, 6.07) is 0. The van der Waals surface area contributed by atoms with Gasteiger partial charge in [0.2, 0.25) is 5.79 Å². The quantitative estimate of drug-likeness (QED) is 0.816. The molecule has 4 nitrogen and oxygen atoms in total. The van der Waals surface area contributed by atoms with Crippen LogP contribution < -0.4 is 0 Å². The van der Waals surface area contributed by atoms with Gasteiger partial charge in [-0.1, -0.05) is 19.3 Å². The molecule has 2 saturated heterocycles. The van der Waals surface area contributed by atoms with Gasteiger partial charge in [-0.05, 0) is 26.2 Å². The number of aliphatic hydroxyl groups is 1. The Balaban J connectivity index is 1.94. The number of Topliss-reactive ketones (excluding diaryl/α,β-unsaturated/α-hetero) is 1. The van der Waals surface area contributed by atoms with E-state index in [-0.39, 0.29) is 17.3 Å². The van der Waals surface area contributed by atoms with Gasteiger partial charge in [-0.2, -0.15) is 0 Å². The van der Waals surface area contributed by atoms with Crippen LogP contribution in [0, 0.1) is 5.92 Å². The highest BCUT2D eigenvalue weighted by molar-refractivity contribution is 5.89. The van der Waals surface area contributed by atoms with Crippen molar-refractivity contribution < 1.29 is 19.4 Å². The van der Waals surface area contributed by atoms with E-state index in [0.29, 0.717) is 13.0 Å². The summed E-state index contributed by atoms with van der Waals surface area (Å²) in [5.41, 5.74) is -0.345. The SMILES string of the molecule is CCOC12CCC(C(=O)C1O)C1(CCCCC1)O2. The third kappa shape index (κ3) is 1.59. The van der Waals surface area contributed by atoms with E-state index in [1.807, 2.05) is 6.92 Å². The summed E-state index contributed by atoms with van der Waals surface area (Å²) >= 11 is 0. The number of carbonyl (C=O) groups is 1. The molecule has 1 N–H and O–H groups in total. The molecule has 4 fully saturated rings. The van der Waals surface area contributed by atoms with Crippen LogP contribution in [0.2, 0.25) is 0 Å². The Morgan fingerprint density at radius 2 is 2.06 bits per heavy atom. The van der Waals surface area contributed by atoms with E-state index in [0.717, 1.165) is 32.1 Å². The Morgan fingerprint density at radius 1 is 1.33 bits per heavy atom. The average Bonchev–Trinajstić information content (AvgIpc) is 2.37. The molecule has 0 aromatic rings. The minimum atomic E-state index is -1.09. The summed E-state index contributed by atoms with van der Waals surface area (Å²) in [7, 11) is 0. The van der Waals surface area contributed by atoms with Crippen LogP contribution in [0.25, 0.3) is 0 Å². The smallest absolute Gasteiger partial charge is 0.202 e. The molecule has 1 spiro atoms. The van der Waals surface area contributed by atoms with Crippen LogP contribution in [-0.4, -0.2) is 35.0 Å². The van der Waals surface area contributed by atoms with Crippen molar-refractivity contribution in [2.45, 2.75) is 69.4 Å². The second-order valence-corrected chi connectivity index (χ2v) is 5.87. The number of hydrogen-bond acceptors (Lipinski definition) is 4. The van der Waals surface area contributed by atoms with Crippen molar-refractivity contribution in [3.8, 4) is 0 Å². The Bertz CT molecular complexity index is 338. The molecule has 18 heavy (non-hydrogen) atoms. The number of fused-ring (bicyclic) bond motifs is 2. The van der Waals surface area contributed by atoms with E-state index in [1.165, 1.54) is 6.42 Å². The summed E-state index contributed by atoms with van der Waals surface area (Å²) in [6.45, 7) is 2.34. The van der Waals surface area contributed by atoms with E-state index >= 15 is 0 Å². The molecule has 2 aliphatic heterocycles. The number of rotatable bonds is 2. The first-order valence-corrected chi connectivity index (χ1v) is 7.19. The largest absolute Gasteiger partial charge is 0.380 e. The number of carbonyl (C=O) groups excluding carboxylic acids is 1. The van der Waals surface area contributed by atoms with E-state index in [1.54, 1.807) is 0 Å². The molecule has 4 rings (SSSR count). The number of ketones is 1. The molecule has 0 aromatic carbocycles. The fraction of sp³-hybridized carbons (Fsp3) is 0.929. The monoisotopic (exact) mass is 254 g/mol. The van der Waals surface area contributed by atoms with Gasteiger partial charge >= 0.3 is 0 Å². The van der Waals surface area contributed by atoms with Gasteiger partial charge in [0.1, 0.15) is 0 Å². The number of aliphatic hydroxyl groups excluding tert-OH is 1. The zero-order valence-corrected chi connectivity index (χ0v) is 11.0. The van der Waals surface area contributed by atoms with Crippen LogP contribution in [0.4, 0.5) is 0 Å². The predicted octanol–water partition coefficient (Wildman–Crippen LogP) is 1.79. The lowest BCUT2D eigenvalue weighted by Gasteiger charge is -2.58. The minimum Gasteiger partial charge on any atom is -0.380 e. The standard InChI is InChI=1S/C14H22O4/c1-2-17-14-9-6-10(11(15)12(14)16)13(18-14)7-4-3-5-8-13/h10,12,16H,2-9H2,1H3. The topological polar surface area (TPSA) is 55.8 Å². The highest BCUT2D eigenvalue weighted by Crippen LogP contribution is 2.54. The van der Waals surface area contributed by atoms with E-state index in [2.05, 4.69) is 0 Å². The lowest BCUT2D eigenvalue weighted by atomic mass is 9.63. The molecule has 102 valence electrons. The third-order valence-electron chi connectivity index (χ3n) is 4.91. The van der Waals surface area contributed by atoms with Crippen LogP contribution in [0.15, 0.2) is 0 Å². The van der Waals surface area contributed by atoms with Crippen molar-refractivity contribution in [2.24, 2.45) is 5.92 Å². The molecule has 0 amide bonds. The maximum Gasteiger partial charge on any atom is 0.202 e. The van der Waals surface area contributed by atoms with Crippen molar-refractivity contribution in [1.82, 2.24) is 0 Å². The molecule has 2 bridgehead atoms. The van der Waals surface area contributed by atoms with Gasteiger partial charge in [-0.15, -0.1) is 0 Å². The lowest BCUT2D eigenvalue weighted by molar-refractivity contribution is -0.371. The maximum absolute atomic E-state index is 12.3. The highest BCUT2D eigenvalue weighted by atomic mass is 16.7. The van der Waals surface area contributed by atoms with Crippen molar-refractivity contribution in [3.05, 3.63) is 0 Å². The second kappa shape index (κ2) is 4.29. The first-order valence-electron chi connectivity index (χ1n) is 7.19. The molecule has 4 heteroatoms. The van der Waals surface area contributed by atoms with Crippen molar-refractivity contribution in [1.29, 1.82) is 0 Å². The summed E-state index contributed by atoms with van der Waals surface area (Å²) in [6.07, 6.45) is 5.66. The fourth-order valence-electron chi connectivity index (χ4n) is 4.10. The first-order chi connectivity index (χ1) is 8.64. The van der Waals surface area contributed by atoms with E-state index < -0.39 is 11.9 Å². The molecule has 4 aliphatic rings. The number of hydrogen-bond donors (Lipinski definition) is 1. The predicted molar refractivity (Wildman–Crippen MR) is 65.0 cm³/mol. The maximum atomic E-state index is 12.3. The normalized spacial score (nSPS) is 42.4. The summed E-state index contributed by atoms with van der Waals surface area (Å²) in [5.74, 6) is -1.23. The molecule has 3 unspecified atom stereocenters. The van der Waals surface area contributed by atoms with Crippen LogP contribution in [0.5, 0.6) is 0 Å². The molecule has 2 saturated carbocycles. The van der Waals surface area contributed by atoms with Gasteiger partial charge < -0.3 is 14.6 Å². The Hall–Kier alpha value is -0.450. The number of ether oxygens (including phenoxy) is 2. The Morgan fingerprint density at radius 3 is 2.72 bits per heavy atom. The van der Waals surface area contributed by atoms with E-state index in [9.17, 15) is 9.90 Å². The third-order valence-corrected chi connectivity index (χ3v) is 4.91. The van der Waals surface area contributed by atoms with Crippen molar-refractivity contribution >= 4 is 5.78 Å². The van der Waals surface area contributed by atoms with Crippen molar-refractivity contribution in [3.63, 3.8) is 0 Å². The fourth-order valence-corrected chi connectivity index (χ4v) is 4.10. The molecular weight excluding hydrogens is 232 g/mol. The summed E-state index contributed by atoms with van der Waals surface area (Å²) in [5, 5.41) is 10.2. The van der Waals surface area contributed by atoms with E-state index in [4.69, 9.17) is 9.47 Å². The van der Waals surface area contributed by atoms with Gasteiger partial charge in [-0.3, -0.25) is 4.79 Å². The van der Waals surface area contributed by atoms with Gasteiger partial charge in [0.05, 0.1) is 11.5 Å². The molecule has 2 aliphatic carbocycles. The molecular formula is C14H22O4. The van der Waals surface area contributed by atoms with Crippen LogP contribution in [0.3, 0.4) is 0 Å². The minimum absolute atomic E-state index is 0.0529. The van der Waals surface area contributed by atoms with Gasteiger partial charge in [-0.25, -0.2) is 0 Å². The van der Waals surface area contributed by atoms with Gasteiger partial charge in [0.25, 0.3) is 0 Å². The zero-order valence-electron chi connectivity index (χ0n) is 11.0. The first kappa shape index (κ1) is 12.6. The van der Waals surface area contributed by atoms with Crippen LogP contribution in [0.1, 0.15) is 51.9 Å². The summed E-state index contributed by atoms with van der Waals surface area (Å²) < 4.78 is 11.9. The summed E-state index contributed by atoms with van der Waals surface area (Å²) in [4.78, 5) is 12.3. The molecule has 3 atom stereocenters. The second-order valence-electron chi connectivity index (χ2n) is 5.87. The highest BCUT2D eigenvalue weighted by Gasteiger charge is 2.64. The Kier molecular flexibility index (Phi) is 3.00. The average molecular weight is 254 g/mol. The van der Waals surface area contributed by atoms with Crippen LogP contribution in [-0.2, 0) is 14.3 Å². The van der Waals surface area contributed by atoms with Gasteiger partial charge in [0.15, 0.2) is 11.9 Å². The lowest BCUT2D eigenvalue weighted by Crippen LogP contribution is -2.70. The van der Waals surface area contributed by atoms with Crippen molar-refractivity contribution in [2.75, 3.05) is 6.61 Å². The van der Waals surface area contributed by atoms with Gasteiger partial charge in [0, 0.05) is 13.0 Å². The van der Waals surface area contributed by atoms with Crippen LogP contribution >= 0.6 is 0 Å². The Labute approximate surface area is 108 Å². The molecule has 2 heterocycles. The zero-order chi connectivity index (χ0) is 12.8. The molecule has 0 aromatic heterocycles. The molecule has 0 radical (unpaired) electrons.